The van der Waals surface area contributed by atoms with Gasteiger partial charge >= 0.3 is 6.03 Å². The van der Waals surface area contributed by atoms with Gasteiger partial charge in [-0.1, -0.05) is 11.2 Å². The first-order valence-electron chi connectivity index (χ1n) is 9.77. The first-order valence-corrected chi connectivity index (χ1v) is 9.77. The van der Waals surface area contributed by atoms with Crippen LogP contribution in [0.25, 0.3) is 11.5 Å². The molecule has 1 fully saturated rings. The molecule has 154 valence electrons. The quantitative estimate of drug-likeness (QED) is 0.686. The molecule has 1 saturated heterocycles. The molecule has 2 aromatic heterocycles. The highest BCUT2D eigenvalue weighted by molar-refractivity contribution is 5.91. The lowest BCUT2D eigenvalue weighted by Crippen LogP contribution is -2.40. The lowest BCUT2D eigenvalue weighted by molar-refractivity contribution is -0.114. The summed E-state index contributed by atoms with van der Waals surface area (Å²) in [5.41, 5.74) is 2.04. The largest absolute Gasteiger partial charge is 0.339 e. The van der Waals surface area contributed by atoms with Gasteiger partial charge in [-0.2, -0.15) is 4.98 Å². The van der Waals surface area contributed by atoms with Crippen LogP contribution in [-0.2, 0) is 4.79 Å². The molecular formula is C21H22N6O3. The van der Waals surface area contributed by atoms with Crippen molar-refractivity contribution in [2.24, 2.45) is 0 Å². The Morgan fingerprint density at radius 3 is 2.37 bits per heavy atom. The smallest absolute Gasteiger partial charge is 0.321 e. The summed E-state index contributed by atoms with van der Waals surface area (Å²) in [7, 11) is 0. The number of benzene rings is 1. The Kier molecular flexibility index (Phi) is 5.69. The number of carbonyl (C=O) groups excluding carboxylic acids is 2. The van der Waals surface area contributed by atoms with Crippen LogP contribution in [0.2, 0.25) is 0 Å². The van der Waals surface area contributed by atoms with E-state index in [1.807, 2.05) is 18.2 Å². The summed E-state index contributed by atoms with van der Waals surface area (Å²) in [6, 6.07) is 12.4. The molecular weight excluding hydrogens is 384 g/mol. The molecule has 0 radical (unpaired) electrons. The Morgan fingerprint density at radius 2 is 1.73 bits per heavy atom. The van der Waals surface area contributed by atoms with Crippen molar-refractivity contribution in [2.75, 3.05) is 23.7 Å². The second kappa shape index (κ2) is 8.73. The fourth-order valence-electron chi connectivity index (χ4n) is 3.37. The van der Waals surface area contributed by atoms with Crippen molar-refractivity contribution in [3.05, 3.63) is 54.6 Å². The van der Waals surface area contributed by atoms with Crippen molar-refractivity contribution in [3.8, 4) is 11.5 Å². The lowest BCUT2D eigenvalue weighted by atomic mass is 9.97. The second-order valence-electron chi connectivity index (χ2n) is 7.12. The van der Waals surface area contributed by atoms with E-state index in [2.05, 4.69) is 25.8 Å². The van der Waals surface area contributed by atoms with Crippen LogP contribution in [0.15, 0.2) is 53.2 Å². The number of amides is 3. The van der Waals surface area contributed by atoms with Crippen molar-refractivity contribution in [1.29, 1.82) is 0 Å². The first-order chi connectivity index (χ1) is 14.6. The molecule has 0 spiro atoms. The van der Waals surface area contributed by atoms with Gasteiger partial charge in [0.1, 0.15) is 5.69 Å². The summed E-state index contributed by atoms with van der Waals surface area (Å²) in [5.74, 6) is 1.05. The number of nitrogens with one attached hydrogen (secondary N) is 2. The van der Waals surface area contributed by atoms with Crippen LogP contribution < -0.4 is 10.6 Å². The maximum atomic E-state index is 12.5. The molecule has 0 bridgehead atoms. The fraction of sp³-hybridized carbons (Fsp3) is 0.286. The second-order valence-corrected chi connectivity index (χ2v) is 7.12. The Morgan fingerprint density at radius 1 is 1.03 bits per heavy atom. The van der Waals surface area contributed by atoms with Crippen LogP contribution in [0.1, 0.15) is 31.6 Å². The number of hydrogen-bond donors (Lipinski definition) is 2. The number of piperidine rings is 1. The Bertz CT molecular complexity index is 1010. The minimum atomic E-state index is -0.152. The van der Waals surface area contributed by atoms with Crippen LogP contribution >= 0.6 is 0 Å². The molecule has 0 atom stereocenters. The number of likely N-dealkylation sites (tertiary alicyclic amines) is 1. The van der Waals surface area contributed by atoms with Gasteiger partial charge < -0.3 is 20.1 Å². The van der Waals surface area contributed by atoms with Gasteiger partial charge in [-0.25, -0.2) is 4.79 Å². The van der Waals surface area contributed by atoms with Gasteiger partial charge in [0.15, 0.2) is 0 Å². The zero-order chi connectivity index (χ0) is 20.9. The molecule has 0 saturated carbocycles. The summed E-state index contributed by atoms with van der Waals surface area (Å²) >= 11 is 0. The number of anilines is 2. The third-order valence-corrected chi connectivity index (χ3v) is 4.92. The van der Waals surface area contributed by atoms with E-state index < -0.39 is 0 Å². The number of hydrogen-bond acceptors (Lipinski definition) is 6. The third kappa shape index (κ3) is 4.62. The molecule has 9 heteroatoms. The maximum absolute atomic E-state index is 12.5. The molecule has 3 amide bonds. The number of rotatable bonds is 4. The van der Waals surface area contributed by atoms with E-state index in [1.165, 1.54) is 6.92 Å². The lowest BCUT2D eigenvalue weighted by Gasteiger charge is -2.30. The number of pyridine rings is 1. The highest BCUT2D eigenvalue weighted by Gasteiger charge is 2.27. The van der Waals surface area contributed by atoms with Gasteiger partial charge in [0.2, 0.25) is 17.6 Å². The fourth-order valence-corrected chi connectivity index (χ4v) is 3.37. The van der Waals surface area contributed by atoms with Crippen LogP contribution in [0.4, 0.5) is 16.2 Å². The Balaban J connectivity index is 1.30. The molecule has 3 aromatic rings. The van der Waals surface area contributed by atoms with E-state index in [-0.39, 0.29) is 17.9 Å². The average Bonchev–Trinajstić information content (AvgIpc) is 3.26. The standard InChI is InChI=1S/C21H22N6O3/c1-14(28)23-16-5-7-17(8-6-16)24-21(29)27-12-9-15(10-13-27)20-25-19(26-30-20)18-4-2-3-11-22-18/h2-8,11,15H,9-10,12-13H2,1H3,(H,23,28)(H,24,29). The van der Waals surface area contributed by atoms with Gasteiger partial charge in [0, 0.05) is 43.5 Å². The SMILES string of the molecule is CC(=O)Nc1ccc(NC(=O)N2CCC(c3nc(-c4ccccn4)no3)CC2)cc1. The van der Waals surface area contributed by atoms with Crippen molar-refractivity contribution in [1.82, 2.24) is 20.0 Å². The van der Waals surface area contributed by atoms with E-state index in [0.29, 0.717) is 41.9 Å². The number of aromatic nitrogens is 3. The topological polar surface area (TPSA) is 113 Å². The van der Waals surface area contributed by atoms with Crippen LogP contribution in [0.5, 0.6) is 0 Å². The van der Waals surface area contributed by atoms with Gasteiger partial charge in [0.05, 0.1) is 0 Å². The summed E-state index contributed by atoms with van der Waals surface area (Å²) in [5, 5.41) is 9.61. The predicted octanol–water partition coefficient (Wildman–Crippen LogP) is 3.50. The van der Waals surface area contributed by atoms with Crippen molar-refractivity contribution < 1.29 is 14.1 Å². The summed E-state index contributed by atoms with van der Waals surface area (Å²) in [6.45, 7) is 2.65. The minimum Gasteiger partial charge on any atom is -0.339 e. The van der Waals surface area contributed by atoms with E-state index in [0.717, 1.165) is 12.8 Å². The normalized spacial score (nSPS) is 14.4. The van der Waals surface area contributed by atoms with Crippen LogP contribution in [0.3, 0.4) is 0 Å². The molecule has 1 aliphatic heterocycles. The van der Waals surface area contributed by atoms with E-state index in [4.69, 9.17) is 4.52 Å². The van der Waals surface area contributed by atoms with Crippen molar-refractivity contribution in [2.45, 2.75) is 25.7 Å². The molecule has 0 aliphatic carbocycles. The Hall–Kier alpha value is -3.75. The molecule has 9 nitrogen and oxygen atoms in total. The summed E-state index contributed by atoms with van der Waals surface area (Å²) in [4.78, 5) is 34.1. The summed E-state index contributed by atoms with van der Waals surface area (Å²) in [6.07, 6.45) is 3.19. The predicted molar refractivity (Wildman–Crippen MR) is 111 cm³/mol. The molecule has 1 aliphatic rings. The first kappa shape index (κ1) is 19.6. The number of carbonyl (C=O) groups is 2. The third-order valence-electron chi connectivity index (χ3n) is 4.92. The maximum Gasteiger partial charge on any atom is 0.321 e. The summed E-state index contributed by atoms with van der Waals surface area (Å²) < 4.78 is 5.44. The van der Waals surface area contributed by atoms with Gasteiger partial charge in [-0.15, -0.1) is 0 Å². The Labute approximate surface area is 173 Å². The van der Waals surface area contributed by atoms with E-state index >= 15 is 0 Å². The van der Waals surface area contributed by atoms with E-state index in [9.17, 15) is 9.59 Å². The molecule has 2 N–H and O–H groups in total. The van der Waals surface area contributed by atoms with Crippen molar-refractivity contribution in [3.63, 3.8) is 0 Å². The molecule has 30 heavy (non-hydrogen) atoms. The van der Waals surface area contributed by atoms with Gasteiger partial charge in [-0.3, -0.25) is 9.78 Å². The molecule has 3 heterocycles. The number of nitrogens with zero attached hydrogens (tertiary/aromatic N) is 4. The van der Waals surface area contributed by atoms with Gasteiger partial charge in [0.25, 0.3) is 0 Å². The van der Waals surface area contributed by atoms with Crippen LogP contribution in [-0.4, -0.2) is 45.1 Å². The van der Waals surface area contributed by atoms with E-state index in [1.54, 1.807) is 35.4 Å². The molecule has 4 rings (SSSR count). The zero-order valence-electron chi connectivity index (χ0n) is 16.5. The minimum absolute atomic E-state index is 0.121. The van der Waals surface area contributed by atoms with Gasteiger partial charge in [-0.05, 0) is 49.2 Å². The van der Waals surface area contributed by atoms with Crippen molar-refractivity contribution >= 4 is 23.3 Å². The molecule has 1 aromatic carbocycles. The highest BCUT2D eigenvalue weighted by Crippen LogP contribution is 2.28. The average molecular weight is 406 g/mol. The number of urea groups is 1. The molecule has 0 unspecified atom stereocenters. The van der Waals surface area contributed by atoms with Crippen LogP contribution in [0, 0.1) is 0 Å². The zero-order valence-corrected chi connectivity index (χ0v) is 16.5. The highest BCUT2D eigenvalue weighted by atomic mass is 16.5. The monoisotopic (exact) mass is 406 g/mol.